The van der Waals surface area contributed by atoms with Crippen LogP contribution in [0.2, 0.25) is 0 Å². The van der Waals surface area contributed by atoms with E-state index in [4.69, 9.17) is 16.9 Å². The first-order valence-electron chi connectivity index (χ1n) is 8.40. The van der Waals surface area contributed by atoms with Crippen LogP contribution in [0.3, 0.4) is 0 Å². The fraction of sp³-hybridized carbons (Fsp3) is 0.875. The van der Waals surface area contributed by atoms with Crippen LogP contribution in [0.5, 0.6) is 0 Å². The number of likely N-dealkylation sites (N-methyl/N-ethyl adjacent to an activating group) is 1. The number of amidine groups is 1. The predicted molar refractivity (Wildman–Crippen MR) is 107 cm³/mol. The second-order valence-electron chi connectivity index (χ2n) is 6.73. The molecule has 1 unspecified atom stereocenters. The normalized spacial score (nSPS) is 13.2. The molecule has 8 heteroatoms. The van der Waals surface area contributed by atoms with Crippen molar-refractivity contribution in [3.63, 3.8) is 0 Å². The van der Waals surface area contributed by atoms with E-state index in [9.17, 15) is 4.79 Å². The number of hydrogen-bond acceptors (Lipinski definition) is 3. The summed E-state index contributed by atoms with van der Waals surface area (Å²) in [6.45, 7) is 9.83. The van der Waals surface area contributed by atoms with E-state index in [2.05, 4.69) is 26.2 Å². The topological polar surface area (TPSA) is 105 Å². The van der Waals surface area contributed by atoms with Gasteiger partial charge in [-0.2, -0.15) is 0 Å². The van der Waals surface area contributed by atoms with Crippen molar-refractivity contribution in [2.75, 3.05) is 33.2 Å². The second-order valence-corrected chi connectivity index (χ2v) is 6.73. The molecule has 24 heavy (non-hydrogen) atoms. The number of unbranched alkanes of at least 4 members (excludes halogenated alkanes) is 2. The summed E-state index contributed by atoms with van der Waals surface area (Å²) in [5.41, 5.74) is 10.6. The molecule has 1 atom stereocenters. The number of quaternary nitrogens is 1. The van der Waals surface area contributed by atoms with Gasteiger partial charge in [0.25, 0.3) is 0 Å². The lowest BCUT2D eigenvalue weighted by molar-refractivity contribution is -0.904. The Hall–Kier alpha value is -0.560. The highest BCUT2D eigenvalue weighted by Gasteiger charge is 2.28. The van der Waals surface area contributed by atoms with Gasteiger partial charge in [-0.1, -0.05) is 12.8 Å². The van der Waals surface area contributed by atoms with Gasteiger partial charge in [0.1, 0.15) is 0 Å². The smallest absolute Gasteiger partial charge is 0.240 e. The van der Waals surface area contributed by atoms with Gasteiger partial charge < -0.3 is 21.3 Å². The Morgan fingerprint density at radius 3 is 2.17 bits per heavy atom. The molecule has 0 heterocycles. The lowest BCUT2D eigenvalue weighted by Crippen LogP contribution is -2.54. The van der Waals surface area contributed by atoms with Gasteiger partial charge in [-0.05, 0) is 33.6 Å². The third-order valence-corrected chi connectivity index (χ3v) is 4.63. The molecule has 0 saturated heterocycles. The zero-order chi connectivity index (χ0) is 17.2. The molecule has 0 saturated carbocycles. The molecule has 0 spiro atoms. The second kappa shape index (κ2) is 13.7. The molecule has 1 amide bonds. The minimum Gasteiger partial charge on any atom is -0.388 e. The van der Waals surface area contributed by atoms with Crippen molar-refractivity contribution in [1.29, 1.82) is 5.41 Å². The van der Waals surface area contributed by atoms with E-state index in [0.29, 0.717) is 19.4 Å². The first-order chi connectivity index (χ1) is 10.2. The zero-order valence-corrected chi connectivity index (χ0v) is 17.3. The number of nitrogens with two attached hydrogens (primary N) is 2. The maximum atomic E-state index is 12.2. The highest BCUT2D eigenvalue weighted by atomic mass is 35.5. The standard InChI is InChI=1S/C16H35N5O.2ClH/c1-5-21(4,6-2)13-12-20-15(22)16(3,19)11-9-7-8-10-14(17)18;;/h5-13,19H2,1-4H3,(H3-,17,18,20,22);2*1H/p+1. The summed E-state index contributed by atoms with van der Waals surface area (Å²) < 4.78 is 0.951. The summed E-state index contributed by atoms with van der Waals surface area (Å²) in [7, 11) is 2.20. The first-order valence-corrected chi connectivity index (χ1v) is 8.40. The van der Waals surface area contributed by atoms with Crippen molar-refractivity contribution in [1.82, 2.24) is 5.32 Å². The summed E-state index contributed by atoms with van der Waals surface area (Å²) in [6, 6.07) is 0. The Balaban J connectivity index is -0.00000220. The van der Waals surface area contributed by atoms with Crippen LogP contribution >= 0.6 is 24.8 Å². The van der Waals surface area contributed by atoms with Crippen LogP contribution in [0.4, 0.5) is 0 Å². The number of rotatable bonds is 12. The average molecular weight is 387 g/mol. The van der Waals surface area contributed by atoms with Crippen molar-refractivity contribution >= 4 is 36.6 Å². The van der Waals surface area contributed by atoms with Crippen LogP contribution in [0.15, 0.2) is 0 Å². The number of halogens is 2. The quantitative estimate of drug-likeness (QED) is 0.178. The lowest BCUT2D eigenvalue weighted by Gasteiger charge is -2.32. The van der Waals surface area contributed by atoms with Crippen LogP contribution in [-0.2, 0) is 4.79 Å². The molecule has 0 rings (SSSR count). The Bertz CT molecular complexity index is 360. The number of nitrogens with zero attached hydrogens (tertiary/aromatic N) is 1. The number of carbonyl (C=O) groups is 1. The zero-order valence-electron chi connectivity index (χ0n) is 15.7. The third-order valence-electron chi connectivity index (χ3n) is 4.63. The van der Waals surface area contributed by atoms with E-state index in [1.54, 1.807) is 6.92 Å². The molecule has 6 N–H and O–H groups in total. The van der Waals surface area contributed by atoms with Crippen molar-refractivity contribution in [3.8, 4) is 0 Å². The fourth-order valence-corrected chi connectivity index (χ4v) is 2.28. The van der Waals surface area contributed by atoms with Gasteiger partial charge in [0.15, 0.2) is 0 Å². The summed E-state index contributed by atoms with van der Waals surface area (Å²) in [5, 5.41) is 10.1. The molecule has 0 aliphatic rings. The molecule has 6 nitrogen and oxygen atoms in total. The number of nitrogens with one attached hydrogen (secondary N) is 2. The number of hydrogen-bond donors (Lipinski definition) is 4. The SMILES string of the molecule is CC[N+](C)(CC)CCNC(=O)C(C)(N)CCCCCC(=N)N.Cl.Cl. The molecule has 0 radical (unpaired) electrons. The summed E-state index contributed by atoms with van der Waals surface area (Å²) >= 11 is 0. The van der Waals surface area contributed by atoms with E-state index in [-0.39, 0.29) is 36.6 Å². The first kappa shape index (κ1) is 28.3. The fourth-order valence-electron chi connectivity index (χ4n) is 2.28. The summed E-state index contributed by atoms with van der Waals surface area (Å²) in [5.74, 6) is 0.152. The van der Waals surface area contributed by atoms with Gasteiger partial charge in [0.05, 0.1) is 44.6 Å². The van der Waals surface area contributed by atoms with Gasteiger partial charge in [0, 0.05) is 6.42 Å². The van der Waals surface area contributed by atoms with E-state index in [1.807, 2.05) is 0 Å². The van der Waals surface area contributed by atoms with Gasteiger partial charge in [-0.25, -0.2) is 0 Å². The third kappa shape index (κ3) is 11.9. The van der Waals surface area contributed by atoms with Crippen molar-refractivity contribution in [2.24, 2.45) is 11.5 Å². The van der Waals surface area contributed by atoms with Crippen molar-refractivity contribution in [3.05, 3.63) is 0 Å². The highest BCUT2D eigenvalue weighted by molar-refractivity contribution is 5.86. The van der Waals surface area contributed by atoms with Gasteiger partial charge in [0.2, 0.25) is 5.91 Å². The van der Waals surface area contributed by atoms with Crippen LogP contribution < -0.4 is 16.8 Å². The molecule has 146 valence electrons. The number of amides is 1. The Morgan fingerprint density at radius 1 is 1.17 bits per heavy atom. The van der Waals surface area contributed by atoms with E-state index in [0.717, 1.165) is 43.4 Å². The minimum atomic E-state index is -0.821. The van der Waals surface area contributed by atoms with Crippen molar-refractivity contribution in [2.45, 2.75) is 58.4 Å². The van der Waals surface area contributed by atoms with Crippen LogP contribution in [0.25, 0.3) is 0 Å². The van der Waals surface area contributed by atoms with E-state index < -0.39 is 5.54 Å². The van der Waals surface area contributed by atoms with E-state index >= 15 is 0 Å². The molecular formula is C16H38Cl2N5O+. The van der Waals surface area contributed by atoms with Gasteiger partial charge in [-0.15, -0.1) is 24.8 Å². The molecule has 0 aliphatic heterocycles. The molecule has 0 aromatic heterocycles. The average Bonchev–Trinajstić information content (AvgIpc) is 2.46. The van der Waals surface area contributed by atoms with Gasteiger partial charge >= 0.3 is 0 Å². The van der Waals surface area contributed by atoms with E-state index in [1.165, 1.54) is 0 Å². The minimum absolute atomic E-state index is 0. The van der Waals surface area contributed by atoms with Crippen LogP contribution in [-0.4, -0.2) is 55.0 Å². The molecule has 0 aliphatic carbocycles. The predicted octanol–water partition coefficient (Wildman–Crippen LogP) is 2.04. The molecular weight excluding hydrogens is 349 g/mol. The molecule has 0 aromatic rings. The lowest BCUT2D eigenvalue weighted by atomic mass is 9.94. The summed E-state index contributed by atoms with van der Waals surface area (Å²) in [4.78, 5) is 12.2. The Labute approximate surface area is 160 Å². The van der Waals surface area contributed by atoms with Gasteiger partial charge in [-0.3, -0.25) is 10.2 Å². The monoisotopic (exact) mass is 386 g/mol. The van der Waals surface area contributed by atoms with Crippen LogP contribution in [0, 0.1) is 5.41 Å². The molecule has 0 fully saturated rings. The molecule has 0 aromatic carbocycles. The van der Waals surface area contributed by atoms with Crippen LogP contribution in [0.1, 0.15) is 52.9 Å². The maximum absolute atomic E-state index is 12.2. The maximum Gasteiger partial charge on any atom is 0.240 e. The largest absolute Gasteiger partial charge is 0.388 e. The Kier molecular flexibility index (Phi) is 16.1. The number of carbonyl (C=O) groups excluding carboxylic acids is 1. The molecule has 0 bridgehead atoms. The highest BCUT2D eigenvalue weighted by Crippen LogP contribution is 2.13. The Morgan fingerprint density at radius 2 is 1.71 bits per heavy atom. The van der Waals surface area contributed by atoms with Crippen molar-refractivity contribution < 1.29 is 9.28 Å². The summed E-state index contributed by atoms with van der Waals surface area (Å²) in [6.07, 6.45) is 3.99.